The van der Waals surface area contributed by atoms with Gasteiger partial charge in [-0.25, -0.2) is 0 Å². The Labute approximate surface area is 110 Å². The van der Waals surface area contributed by atoms with E-state index in [1.807, 2.05) is 0 Å². The maximum absolute atomic E-state index is 12.2. The third kappa shape index (κ3) is 3.23. The zero-order valence-corrected chi connectivity index (χ0v) is 11.6. The highest BCUT2D eigenvalue weighted by molar-refractivity contribution is 5.79. The van der Waals surface area contributed by atoms with Gasteiger partial charge in [0.15, 0.2) is 0 Å². The van der Waals surface area contributed by atoms with E-state index in [1.54, 1.807) is 0 Å². The van der Waals surface area contributed by atoms with Gasteiger partial charge in [-0.15, -0.1) is 0 Å². The molecule has 4 nitrogen and oxygen atoms in total. The molecule has 0 aromatic heterocycles. The van der Waals surface area contributed by atoms with Crippen molar-refractivity contribution < 1.29 is 9.53 Å². The van der Waals surface area contributed by atoms with Crippen molar-refractivity contribution in [2.45, 2.75) is 64.1 Å². The Morgan fingerprint density at radius 1 is 1.44 bits per heavy atom. The molecule has 2 rings (SSSR count). The van der Waals surface area contributed by atoms with Crippen molar-refractivity contribution in [1.82, 2.24) is 10.6 Å². The maximum Gasteiger partial charge on any atom is 0.226 e. The van der Waals surface area contributed by atoms with Crippen LogP contribution in [0.2, 0.25) is 0 Å². The van der Waals surface area contributed by atoms with Gasteiger partial charge in [0.25, 0.3) is 0 Å². The summed E-state index contributed by atoms with van der Waals surface area (Å²) in [6.07, 6.45) is 5.60. The zero-order valence-electron chi connectivity index (χ0n) is 11.6. The molecule has 0 spiro atoms. The summed E-state index contributed by atoms with van der Waals surface area (Å²) in [4.78, 5) is 12.2. The second kappa shape index (κ2) is 6.53. The van der Waals surface area contributed by atoms with Crippen molar-refractivity contribution in [3.05, 3.63) is 0 Å². The van der Waals surface area contributed by atoms with Gasteiger partial charge >= 0.3 is 0 Å². The Balaban J connectivity index is 1.82. The van der Waals surface area contributed by atoms with Crippen LogP contribution in [0, 0.1) is 5.92 Å². The first-order chi connectivity index (χ1) is 8.72. The van der Waals surface area contributed by atoms with Crippen LogP contribution in [0.25, 0.3) is 0 Å². The largest absolute Gasteiger partial charge is 0.377 e. The highest BCUT2D eigenvalue weighted by atomic mass is 16.5. The Morgan fingerprint density at radius 2 is 2.28 bits per heavy atom. The molecule has 0 aromatic rings. The molecule has 0 aliphatic carbocycles. The summed E-state index contributed by atoms with van der Waals surface area (Å²) >= 11 is 0. The third-order valence-electron chi connectivity index (χ3n) is 4.27. The monoisotopic (exact) mass is 254 g/mol. The van der Waals surface area contributed by atoms with Gasteiger partial charge in [0, 0.05) is 18.7 Å². The summed E-state index contributed by atoms with van der Waals surface area (Å²) in [7, 11) is 0. The Bertz CT molecular complexity index is 277. The molecule has 2 aliphatic heterocycles. The molecule has 0 saturated carbocycles. The number of carbonyl (C=O) groups is 1. The van der Waals surface area contributed by atoms with Crippen molar-refractivity contribution in [1.29, 1.82) is 0 Å². The summed E-state index contributed by atoms with van der Waals surface area (Å²) in [6, 6.07) is 0.654. The highest BCUT2D eigenvalue weighted by Gasteiger charge is 2.34. The van der Waals surface area contributed by atoms with Crippen molar-refractivity contribution in [3.63, 3.8) is 0 Å². The molecule has 18 heavy (non-hydrogen) atoms. The Hall–Kier alpha value is -0.610. The summed E-state index contributed by atoms with van der Waals surface area (Å²) in [5.41, 5.74) is 0. The summed E-state index contributed by atoms with van der Waals surface area (Å²) in [6.45, 7) is 6.00. The first-order valence-corrected chi connectivity index (χ1v) is 7.37. The normalized spacial score (nSPS) is 34.2. The van der Waals surface area contributed by atoms with E-state index in [2.05, 4.69) is 24.5 Å². The van der Waals surface area contributed by atoms with E-state index in [1.165, 1.54) is 19.3 Å². The molecule has 4 atom stereocenters. The van der Waals surface area contributed by atoms with Crippen molar-refractivity contribution >= 4 is 5.91 Å². The van der Waals surface area contributed by atoms with Crippen LogP contribution in [0.15, 0.2) is 0 Å². The predicted molar refractivity (Wildman–Crippen MR) is 71.4 cm³/mol. The summed E-state index contributed by atoms with van der Waals surface area (Å²) in [5, 5.41) is 6.67. The first-order valence-electron chi connectivity index (χ1n) is 7.37. The molecule has 4 unspecified atom stereocenters. The summed E-state index contributed by atoms with van der Waals surface area (Å²) in [5.74, 6) is 0.236. The van der Waals surface area contributed by atoms with E-state index < -0.39 is 0 Å². The van der Waals surface area contributed by atoms with Crippen molar-refractivity contribution in [2.75, 3.05) is 13.2 Å². The lowest BCUT2D eigenvalue weighted by Gasteiger charge is -2.30. The molecule has 0 radical (unpaired) electrons. The van der Waals surface area contributed by atoms with Crippen LogP contribution in [-0.2, 0) is 9.53 Å². The van der Waals surface area contributed by atoms with E-state index in [9.17, 15) is 4.79 Å². The average molecular weight is 254 g/mol. The molecule has 104 valence electrons. The number of hydrogen-bond donors (Lipinski definition) is 2. The van der Waals surface area contributed by atoms with Crippen molar-refractivity contribution in [2.24, 2.45) is 5.92 Å². The van der Waals surface area contributed by atoms with E-state index in [-0.39, 0.29) is 24.0 Å². The molecular weight excluding hydrogens is 228 g/mol. The van der Waals surface area contributed by atoms with Crippen LogP contribution in [0.1, 0.15) is 46.0 Å². The fourth-order valence-electron chi connectivity index (χ4n) is 3.09. The predicted octanol–water partition coefficient (Wildman–Crippen LogP) is 1.45. The molecule has 0 aromatic carbocycles. The number of ether oxygens (including phenoxy) is 1. The third-order valence-corrected chi connectivity index (χ3v) is 4.27. The minimum Gasteiger partial charge on any atom is -0.377 e. The van der Waals surface area contributed by atoms with E-state index in [0.29, 0.717) is 6.04 Å². The molecule has 0 bridgehead atoms. The van der Waals surface area contributed by atoms with Crippen LogP contribution in [0.3, 0.4) is 0 Å². The van der Waals surface area contributed by atoms with Gasteiger partial charge in [0.1, 0.15) is 0 Å². The quantitative estimate of drug-likeness (QED) is 0.798. The second-order valence-corrected chi connectivity index (χ2v) is 5.57. The Morgan fingerprint density at radius 3 is 2.94 bits per heavy atom. The smallest absolute Gasteiger partial charge is 0.226 e. The SMILES string of the molecule is CCC1OCCC1C(=O)NC(C)C1CCCCN1. The van der Waals surface area contributed by atoms with Gasteiger partial charge < -0.3 is 15.4 Å². The van der Waals surface area contributed by atoms with Gasteiger partial charge in [0.05, 0.1) is 12.0 Å². The number of carbonyl (C=O) groups excluding carboxylic acids is 1. The average Bonchev–Trinajstić information content (AvgIpc) is 2.88. The van der Waals surface area contributed by atoms with E-state index in [0.717, 1.165) is 26.0 Å². The van der Waals surface area contributed by atoms with E-state index in [4.69, 9.17) is 4.74 Å². The lowest BCUT2D eigenvalue weighted by molar-refractivity contribution is -0.127. The molecule has 4 heteroatoms. The number of nitrogens with one attached hydrogen (secondary N) is 2. The van der Waals surface area contributed by atoms with Gasteiger partial charge in [0.2, 0.25) is 5.91 Å². The standard InChI is InChI=1S/C14H26N2O2/c1-3-13-11(7-9-18-13)14(17)16-10(2)12-6-4-5-8-15-12/h10-13,15H,3-9H2,1-2H3,(H,16,17). The van der Waals surface area contributed by atoms with Crippen LogP contribution in [0.5, 0.6) is 0 Å². The molecule has 2 heterocycles. The number of hydrogen-bond acceptors (Lipinski definition) is 3. The summed E-state index contributed by atoms with van der Waals surface area (Å²) < 4.78 is 5.59. The number of piperidine rings is 1. The maximum atomic E-state index is 12.2. The second-order valence-electron chi connectivity index (χ2n) is 5.57. The molecule has 1 amide bonds. The molecule has 2 saturated heterocycles. The minimum absolute atomic E-state index is 0.0565. The fraction of sp³-hybridized carbons (Fsp3) is 0.929. The lowest BCUT2D eigenvalue weighted by Crippen LogP contribution is -2.52. The zero-order chi connectivity index (χ0) is 13.0. The minimum atomic E-state index is 0.0565. The molecular formula is C14H26N2O2. The van der Waals surface area contributed by atoms with Crippen LogP contribution in [-0.4, -0.2) is 37.2 Å². The molecule has 2 N–H and O–H groups in total. The topological polar surface area (TPSA) is 50.4 Å². The van der Waals surface area contributed by atoms with Crippen molar-refractivity contribution in [3.8, 4) is 0 Å². The number of amides is 1. The Kier molecular flexibility index (Phi) is 5.01. The highest BCUT2D eigenvalue weighted by Crippen LogP contribution is 2.23. The number of rotatable bonds is 4. The molecule has 2 aliphatic rings. The van der Waals surface area contributed by atoms with Gasteiger partial charge in [-0.2, -0.15) is 0 Å². The molecule has 2 fully saturated rings. The van der Waals surface area contributed by atoms with Gasteiger partial charge in [-0.1, -0.05) is 13.3 Å². The first kappa shape index (κ1) is 13.8. The van der Waals surface area contributed by atoms with Crippen LogP contribution in [0.4, 0.5) is 0 Å². The van der Waals surface area contributed by atoms with Gasteiger partial charge in [-0.05, 0) is 39.2 Å². The van der Waals surface area contributed by atoms with E-state index >= 15 is 0 Å². The van der Waals surface area contributed by atoms with Crippen LogP contribution < -0.4 is 10.6 Å². The van der Waals surface area contributed by atoms with Crippen LogP contribution >= 0.6 is 0 Å². The fourth-order valence-corrected chi connectivity index (χ4v) is 3.09. The van der Waals surface area contributed by atoms with Gasteiger partial charge in [-0.3, -0.25) is 4.79 Å². The lowest BCUT2D eigenvalue weighted by atomic mass is 9.95.